The van der Waals surface area contributed by atoms with Crippen LogP contribution >= 0.6 is 0 Å². The largest absolute Gasteiger partial charge is 0.486 e. The molecule has 1 unspecified atom stereocenters. The summed E-state index contributed by atoms with van der Waals surface area (Å²) < 4.78 is 11.1. The summed E-state index contributed by atoms with van der Waals surface area (Å²) in [5, 5.41) is 2.93. The smallest absolute Gasteiger partial charge is 0.229 e. The zero-order chi connectivity index (χ0) is 18.1. The molecule has 0 radical (unpaired) electrons. The fourth-order valence-electron chi connectivity index (χ4n) is 3.28. The predicted octanol–water partition coefficient (Wildman–Crippen LogP) is 2.76. The highest BCUT2D eigenvalue weighted by atomic mass is 16.6. The standard InChI is InChI=1S/C20H20N2O4/c1-13-4-2-3-5-16(13)21-20(24)14-10-19(23)22(12-14)15-6-7-17-18(11-15)26-9-8-25-17/h2-7,11,14H,8-10,12H2,1H3,(H,21,24). The van der Waals surface area contributed by atoms with Gasteiger partial charge in [-0.1, -0.05) is 18.2 Å². The molecule has 2 amide bonds. The van der Waals surface area contributed by atoms with Gasteiger partial charge in [0, 0.05) is 30.4 Å². The molecule has 0 aromatic heterocycles. The van der Waals surface area contributed by atoms with Crippen LogP contribution in [0.25, 0.3) is 0 Å². The molecule has 1 fully saturated rings. The fourth-order valence-corrected chi connectivity index (χ4v) is 3.28. The summed E-state index contributed by atoms with van der Waals surface area (Å²) in [7, 11) is 0. The highest BCUT2D eigenvalue weighted by molar-refractivity contribution is 6.03. The number of rotatable bonds is 3. The van der Waals surface area contributed by atoms with E-state index in [2.05, 4.69) is 5.32 Å². The Kier molecular flexibility index (Phi) is 4.24. The van der Waals surface area contributed by atoms with Crippen molar-refractivity contribution in [1.29, 1.82) is 0 Å². The molecule has 6 heteroatoms. The zero-order valence-electron chi connectivity index (χ0n) is 14.5. The molecule has 0 saturated carbocycles. The van der Waals surface area contributed by atoms with Crippen LogP contribution in [0.3, 0.4) is 0 Å². The van der Waals surface area contributed by atoms with Gasteiger partial charge < -0.3 is 19.7 Å². The minimum atomic E-state index is -0.379. The van der Waals surface area contributed by atoms with Crippen LogP contribution < -0.4 is 19.7 Å². The lowest BCUT2D eigenvalue weighted by Gasteiger charge is -2.22. The van der Waals surface area contributed by atoms with E-state index in [1.807, 2.05) is 37.3 Å². The number of nitrogens with one attached hydrogen (secondary N) is 1. The third-order valence-corrected chi connectivity index (χ3v) is 4.74. The quantitative estimate of drug-likeness (QED) is 0.922. The summed E-state index contributed by atoms with van der Waals surface area (Å²) in [6, 6.07) is 13.0. The van der Waals surface area contributed by atoms with E-state index in [9.17, 15) is 9.59 Å². The maximum atomic E-state index is 12.6. The molecule has 4 rings (SSSR count). The maximum Gasteiger partial charge on any atom is 0.229 e. The number of ether oxygens (including phenoxy) is 2. The molecule has 2 aromatic rings. The molecular weight excluding hydrogens is 332 g/mol. The molecule has 6 nitrogen and oxygen atoms in total. The molecule has 1 atom stereocenters. The molecule has 2 aliphatic rings. The van der Waals surface area contributed by atoms with E-state index in [0.717, 1.165) is 16.9 Å². The zero-order valence-corrected chi connectivity index (χ0v) is 14.5. The third-order valence-electron chi connectivity index (χ3n) is 4.74. The van der Waals surface area contributed by atoms with Gasteiger partial charge in [-0.25, -0.2) is 0 Å². The summed E-state index contributed by atoms with van der Waals surface area (Å²) in [4.78, 5) is 26.7. The highest BCUT2D eigenvalue weighted by Gasteiger charge is 2.35. The number of benzene rings is 2. The first-order valence-electron chi connectivity index (χ1n) is 8.68. The average molecular weight is 352 g/mol. The second-order valence-corrected chi connectivity index (χ2v) is 6.54. The minimum Gasteiger partial charge on any atom is -0.486 e. The second-order valence-electron chi connectivity index (χ2n) is 6.54. The predicted molar refractivity (Wildman–Crippen MR) is 97.7 cm³/mol. The van der Waals surface area contributed by atoms with Crippen LogP contribution in [0.5, 0.6) is 11.5 Å². The SMILES string of the molecule is Cc1ccccc1NC(=O)C1CC(=O)N(c2ccc3c(c2)OCCO3)C1. The van der Waals surface area contributed by atoms with Gasteiger partial charge in [-0.15, -0.1) is 0 Å². The number of hydrogen-bond acceptors (Lipinski definition) is 4. The fraction of sp³-hybridized carbons (Fsp3) is 0.300. The molecule has 26 heavy (non-hydrogen) atoms. The number of amides is 2. The molecule has 1 N–H and O–H groups in total. The minimum absolute atomic E-state index is 0.0633. The van der Waals surface area contributed by atoms with Crippen LogP contribution in [0, 0.1) is 12.8 Å². The lowest BCUT2D eigenvalue weighted by atomic mass is 10.1. The maximum absolute atomic E-state index is 12.6. The van der Waals surface area contributed by atoms with Gasteiger partial charge in [-0.2, -0.15) is 0 Å². The lowest BCUT2D eigenvalue weighted by Crippen LogP contribution is -2.28. The van der Waals surface area contributed by atoms with E-state index in [1.165, 1.54) is 0 Å². The van der Waals surface area contributed by atoms with Crippen molar-refractivity contribution in [1.82, 2.24) is 0 Å². The Morgan fingerprint density at radius 1 is 1.12 bits per heavy atom. The van der Waals surface area contributed by atoms with Crippen molar-refractivity contribution in [2.75, 3.05) is 30.0 Å². The van der Waals surface area contributed by atoms with Gasteiger partial charge in [0.25, 0.3) is 0 Å². The first-order chi connectivity index (χ1) is 12.6. The third kappa shape index (κ3) is 3.10. The van der Waals surface area contributed by atoms with Crippen LogP contribution in [0.2, 0.25) is 0 Å². The first kappa shape index (κ1) is 16.4. The molecule has 2 aromatic carbocycles. The first-order valence-corrected chi connectivity index (χ1v) is 8.68. The molecule has 134 valence electrons. The van der Waals surface area contributed by atoms with E-state index in [4.69, 9.17) is 9.47 Å². The number of aryl methyl sites for hydroxylation is 1. The van der Waals surface area contributed by atoms with Crippen molar-refractivity contribution in [3.63, 3.8) is 0 Å². The number of carbonyl (C=O) groups excluding carboxylic acids is 2. The number of para-hydroxylation sites is 1. The monoisotopic (exact) mass is 352 g/mol. The van der Waals surface area contributed by atoms with Crippen LogP contribution in [0.15, 0.2) is 42.5 Å². The summed E-state index contributed by atoms with van der Waals surface area (Å²) in [6.07, 6.45) is 0.201. The summed E-state index contributed by atoms with van der Waals surface area (Å²) >= 11 is 0. The Balaban J connectivity index is 1.48. The molecule has 0 aliphatic carbocycles. The topological polar surface area (TPSA) is 67.9 Å². The van der Waals surface area contributed by atoms with Crippen LogP contribution in [0.4, 0.5) is 11.4 Å². The van der Waals surface area contributed by atoms with Crippen molar-refractivity contribution < 1.29 is 19.1 Å². The van der Waals surface area contributed by atoms with Crippen molar-refractivity contribution in [3.8, 4) is 11.5 Å². The lowest BCUT2D eigenvalue weighted by molar-refractivity contribution is -0.122. The van der Waals surface area contributed by atoms with Crippen LogP contribution in [-0.4, -0.2) is 31.6 Å². The van der Waals surface area contributed by atoms with E-state index in [0.29, 0.717) is 31.3 Å². The number of fused-ring (bicyclic) bond motifs is 1. The Morgan fingerprint density at radius 3 is 2.69 bits per heavy atom. The van der Waals surface area contributed by atoms with Gasteiger partial charge in [0.2, 0.25) is 11.8 Å². The molecule has 2 aliphatic heterocycles. The number of anilines is 2. The summed E-state index contributed by atoms with van der Waals surface area (Å²) in [5.74, 6) is 0.740. The van der Waals surface area contributed by atoms with E-state index in [1.54, 1.807) is 17.0 Å². The summed E-state index contributed by atoms with van der Waals surface area (Å²) in [6.45, 7) is 3.31. The van der Waals surface area contributed by atoms with Crippen molar-refractivity contribution in [2.24, 2.45) is 5.92 Å². The van der Waals surface area contributed by atoms with Gasteiger partial charge in [0.1, 0.15) is 13.2 Å². The van der Waals surface area contributed by atoms with Gasteiger partial charge in [-0.3, -0.25) is 9.59 Å². The summed E-state index contributed by atoms with van der Waals surface area (Å²) in [5.41, 5.74) is 2.50. The Labute approximate surface area is 151 Å². The van der Waals surface area contributed by atoms with Gasteiger partial charge >= 0.3 is 0 Å². The Bertz CT molecular complexity index is 865. The van der Waals surface area contributed by atoms with Crippen molar-refractivity contribution in [3.05, 3.63) is 48.0 Å². The molecular formula is C20H20N2O4. The van der Waals surface area contributed by atoms with Crippen LogP contribution in [-0.2, 0) is 9.59 Å². The Hall–Kier alpha value is -3.02. The van der Waals surface area contributed by atoms with Gasteiger partial charge in [0.15, 0.2) is 11.5 Å². The van der Waals surface area contributed by atoms with E-state index in [-0.39, 0.29) is 24.2 Å². The highest BCUT2D eigenvalue weighted by Crippen LogP contribution is 2.36. The van der Waals surface area contributed by atoms with Gasteiger partial charge in [0.05, 0.1) is 5.92 Å². The second kappa shape index (κ2) is 6.71. The normalized spacial score (nSPS) is 18.7. The average Bonchev–Trinajstić information content (AvgIpc) is 3.05. The molecule has 0 bridgehead atoms. The van der Waals surface area contributed by atoms with E-state index >= 15 is 0 Å². The number of hydrogen-bond donors (Lipinski definition) is 1. The molecule has 2 heterocycles. The van der Waals surface area contributed by atoms with E-state index < -0.39 is 0 Å². The van der Waals surface area contributed by atoms with Crippen molar-refractivity contribution >= 4 is 23.2 Å². The molecule has 1 saturated heterocycles. The molecule has 0 spiro atoms. The Morgan fingerprint density at radius 2 is 1.88 bits per heavy atom. The van der Waals surface area contributed by atoms with Crippen molar-refractivity contribution in [2.45, 2.75) is 13.3 Å². The number of nitrogens with zero attached hydrogens (tertiary/aromatic N) is 1. The van der Waals surface area contributed by atoms with Gasteiger partial charge in [-0.05, 0) is 30.7 Å². The van der Waals surface area contributed by atoms with Crippen LogP contribution in [0.1, 0.15) is 12.0 Å². The number of carbonyl (C=O) groups is 2.